The number of nitrogens with one attached hydrogen (secondary N) is 1. The summed E-state index contributed by atoms with van der Waals surface area (Å²) in [5, 5.41) is 32.9. The van der Waals surface area contributed by atoms with E-state index in [1.807, 2.05) is 0 Å². The van der Waals surface area contributed by atoms with Crippen LogP contribution in [0.25, 0.3) is 0 Å². The van der Waals surface area contributed by atoms with Crippen LogP contribution in [0.4, 0.5) is 5.82 Å². The summed E-state index contributed by atoms with van der Waals surface area (Å²) in [7, 11) is 1.30. The highest BCUT2D eigenvalue weighted by molar-refractivity contribution is 5.99. The molecule has 18 nitrogen and oxygen atoms in total. The van der Waals surface area contributed by atoms with Gasteiger partial charge in [-0.1, -0.05) is 0 Å². The zero-order valence-electron chi connectivity index (χ0n) is 19.5. The predicted octanol–water partition coefficient (Wildman–Crippen LogP) is 0.455. The molecule has 0 saturated carbocycles. The van der Waals surface area contributed by atoms with Gasteiger partial charge < -0.3 is 34.6 Å². The van der Waals surface area contributed by atoms with Gasteiger partial charge in [0.25, 0.3) is 10.2 Å². The maximum Gasteiger partial charge on any atom is 0.342 e. The van der Waals surface area contributed by atoms with Crippen LogP contribution in [0, 0.1) is 30.3 Å². The van der Waals surface area contributed by atoms with E-state index in [0.29, 0.717) is 0 Å². The van der Waals surface area contributed by atoms with E-state index in [4.69, 9.17) is 9.47 Å². The number of ether oxygens (including phenoxy) is 2. The van der Waals surface area contributed by atoms with Gasteiger partial charge in [0.2, 0.25) is 5.82 Å². The van der Waals surface area contributed by atoms with Gasteiger partial charge in [-0.3, -0.25) is 0 Å². The van der Waals surface area contributed by atoms with E-state index in [-0.39, 0.29) is 35.0 Å². The molecule has 0 aliphatic carbocycles. The van der Waals surface area contributed by atoms with Crippen LogP contribution in [0.5, 0.6) is 0 Å². The lowest BCUT2D eigenvalue weighted by Gasteiger charge is -2.29. The molecule has 1 atom stereocenters. The summed E-state index contributed by atoms with van der Waals surface area (Å²) < 4.78 is 11.4. The first kappa shape index (κ1) is 27.5. The third kappa shape index (κ3) is 6.21. The molecule has 0 amide bonds. The van der Waals surface area contributed by atoms with Crippen LogP contribution >= 0.6 is 0 Å². The highest BCUT2D eigenvalue weighted by Gasteiger charge is 2.43. The summed E-state index contributed by atoms with van der Waals surface area (Å²) in [6, 6.07) is 0. The number of allylic oxidation sites excluding steroid dienone is 2. The van der Waals surface area contributed by atoms with Crippen molar-refractivity contribution in [2.75, 3.05) is 19.8 Å². The Labute approximate surface area is 201 Å². The number of hydrogen-bond acceptors (Lipinski definition) is 14. The van der Waals surface area contributed by atoms with Gasteiger partial charge in [-0.15, -0.1) is 20.2 Å². The first-order valence-corrected chi connectivity index (χ1v) is 10.2. The molecule has 0 aromatic carbocycles. The molecule has 36 heavy (non-hydrogen) atoms. The summed E-state index contributed by atoms with van der Waals surface area (Å²) >= 11 is 0. The highest BCUT2D eigenvalue weighted by Crippen LogP contribution is 2.39. The number of esters is 2. The Hall–Kier alpha value is -4.77. The zero-order chi connectivity index (χ0) is 27.2. The van der Waals surface area contributed by atoms with E-state index in [2.05, 4.69) is 20.0 Å². The van der Waals surface area contributed by atoms with Crippen molar-refractivity contribution in [2.24, 2.45) is 7.05 Å². The van der Waals surface area contributed by atoms with Crippen LogP contribution in [-0.4, -0.2) is 62.5 Å². The lowest BCUT2D eigenvalue weighted by atomic mass is 9.84. The molecule has 0 fully saturated rings. The Morgan fingerprint density at radius 3 is 2.03 bits per heavy atom. The number of rotatable bonds is 12. The van der Waals surface area contributed by atoms with Crippen molar-refractivity contribution in [1.29, 1.82) is 0 Å². The highest BCUT2D eigenvalue weighted by atomic mass is 17.0. The van der Waals surface area contributed by atoms with Crippen molar-refractivity contribution in [2.45, 2.75) is 32.8 Å². The summed E-state index contributed by atoms with van der Waals surface area (Å²) in [5.41, 5.74) is 0.0745. The molecule has 1 aromatic rings. The van der Waals surface area contributed by atoms with E-state index >= 15 is 0 Å². The molecule has 2 heterocycles. The second-order valence-electron chi connectivity index (χ2n) is 7.21. The molecule has 1 aliphatic rings. The van der Waals surface area contributed by atoms with Crippen molar-refractivity contribution in [3.63, 3.8) is 0 Å². The minimum Gasteiger partial charge on any atom is -0.463 e. The van der Waals surface area contributed by atoms with E-state index in [9.17, 15) is 39.9 Å². The zero-order valence-corrected chi connectivity index (χ0v) is 19.5. The number of hydrogen-bond donors (Lipinski definition) is 1. The van der Waals surface area contributed by atoms with E-state index in [0.717, 1.165) is 10.8 Å². The minimum atomic E-state index is -1.61. The van der Waals surface area contributed by atoms with Gasteiger partial charge in [-0.2, -0.15) is 0 Å². The summed E-state index contributed by atoms with van der Waals surface area (Å²) in [5.74, 6) is -3.87. The Morgan fingerprint density at radius 1 is 1.06 bits per heavy atom. The van der Waals surface area contributed by atoms with Gasteiger partial charge in [0.05, 0.1) is 24.8 Å². The van der Waals surface area contributed by atoms with Gasteiger partial charge >= 0.3 is 17.8 Å². The van der Waals surface area contributed by atoms with Crippen molar-refractivity contribution < 1.29 is 43.8 Å². The molecule has 1 aliphatic heterocycles. The van der Waals surface area contributed by atoms with Crippen LogP contribution in [0.3, 0.4) is 0 Å². The van der Waals surface area contributed by atoms with Gasteiger partial charge in [0.1, 0.15) is 31.4 Å². The summed E-state index contributed by atoms with van der Waals surface area (Å²) in [4.78, 5) is 70.2. The van der Waals surface area contributed by atoms with Crippen molar-refractivity contribution in [3.8, 4) is 0 Å². The average Bonchev–Trinajstić information content (AvgIpc) is 3.16. The second kappa shape index (κ2) is 11.6. The molecule has 1 N–H and O–H groups in total. The van der Waals surface area contributed by atoms with Crippen LogP contribution in [0.15, 0.2) is 28.7 Å². The third-order valence-corrected chi connectivity index (χ3v) is 4.93. The molecule has 18 heteroatoms. The lowest BCUT2D eigenvalue weighted by molar-refractivity contribution is -0.768. The van der Waals surface area contributed by atoms with Gasteiger partial charge in [0, 0.05) is 11.4 Å². The summed E-state index contributed by atoms with van der Waals surface area (Å²) in [6.45, 7) is 2.69. The summed E-state index contributed by atoms with van der Waals surface area (Å²) in [6.07, 6.45) is -0.671. The molecular weight excluding hydrogens is 492 g/mol. The molecular formula is C18H22N6O12. The number of dihydropyridines is 1. The minimum absolute atomic E-state index is 0.0238. The molecule has 1 unspecified atom stereocenters. The van der Waals surface area contributed by atoms with E-state index < -0.39 is 58.1 Å². The van der Waals surface area contributed by atoms with Crippen LogP contribution in [-0.2, 0) is 35.8 Å². The predicted molar refractivity (Wildman–Crippen MR) is 114 cm³/mol. The van der Waals surface area contributed by atoms with Gasteiger partial charge in [-0.25, -0.2) is 19.1 Å². The molecule has 0 saturated heterocycles. The SMILES string of the molecule is CCOC(=O)C1=C(C)NC(C)=C(C(=O)OC(CO[N+](=O)[O-])CO[N+](=O)[O-])C1c1ncc([N+](=O)[O-])n1C. The fraction of sp³-hybridized carbons (Fsp3) is 0.500. The number of nitrogens with zero attached hydrogens (tertiary/aromatic N) is 5. The van der Waals surface area contributed by atoms with Gasteiger partial charge in [-0.05, 0) is 25.7 Å². The van der Waals surface area contributed by atoms with Crippen LogP contribution < -0.4 is 5.32 Å². The average molecular weight is 514 g/mol. The van der Waals surface area contributed by atoms with Crippen molar-refractivity contribution >= 4 is 17.8 Å². The largest absolute Gasteiger partial charge is 0.463 e. The normalized spacial score (nSPS) is 15.3. The quantitative estimate of drug-likeness (QED) is 0.227. The number of aromatic nitrogens is 2. The molecule has 2 rings (SSSR count). The van der Waals surface area contributed by atoms with E-state index in [1.165, 1.54) is 20.9 Å². The van der Waals surface area contributed by atoms with E-state index in [1.54, 1.807) is 6.92 Å². The first-order chi connectivity index (χ1) is 16.9. The Balaban J connectivity index is 2.56. The van der Waals surface area contributed by atoms with Gasteiger partial charge in [0.15, 0.2) is 0 Å². The standard InChI is InChI=1S/C18H22N6O12/c1-5-33-17(25)13-9(2)20-10(3)14(15(13)16-19-6-12(21(16)4)22(27)28)18(26)36-11(7-34-23(29)30)8-35-24(31)32/h6,11,15,20H,5,7-8H2,1-4H3. The van der Waals surface area contributed by atoms with Crippen LogP contribution in [0.1, 0.15) is 32.5 Å². The molecule has 0 radical (unpaired) electrons. The van der Waals surface area contributed by atoms with Crippen LogP contribution in [0.2, 0.25) is 0 Å². The maximum absolute atomic E-state index is 13.3. The topological polar surface area (TPSA) is 230 Å². The maximum atomic E-state index is 13.3. The smallest absolute Gasteiger partial charge is 0.342 e. The molecule has 1 aromatic heterocycles. The number of carbonyl (C=O) groups excluding carboxylic acids is 2. The van der Waals surface area contributed by atoms with Crippen molar-refractivity contribution in [3.05, 3.63) is 64.9 Å². The number of carbonyl (C=O) groups is 2. The second-order valence-corrected chi connectivity index (χ2v) is 7.21. The Kier molecular flexibility index (Phi) is 8.84. The molecule has 0 spiro atoms. The number of nitro groups is 1. The number of imidazole rings is 1. The molecule has 196 valence electrons. The monoisotopic (exact) mass is 514 g/mol. The lowest BCUT2D eigenvalue weighted by Crippen LogP contribution is -2.37. The molecule has 0 bridgehead atoms. The Morgan fingerprint density at radius 2 is 1.58 bits per heavy atom. The third-order valence-electron chi connectivity index (χ3n) is 4.93. The van der Waals surface area contributed by atoms with Crippen molar-refractivity contribution in [1.82, 2.24) is 14.9 Å². The fourth-order valence-corrected chi connectivity index (χ4v) is 3.47. The fourth-order valence-electron chi connectivity index (χ4n) is 3.47. The first-order valence-electron chi connectivity index (χ1n) is 10.2. The Bertz CT molecular complexity index is 1120.